The fraction of sp³-hybridized carbons (Fsp3) is 0.364. The first-order valence-corrected chi connectivity index (χ1v) is 8.43. The summed E-state index contributed by atoms with van der Waals surface area (Å²) >= 11 is 11.2. The van der Waals surface area contributed by atoms with Crippen LogP contribution in [0.5, 0.6) is 0 Å². The number of benzene rings is 1. The van der Waals surface area contributed by atoms with Gasteiger partial charge in [0.2, 0.25) is 5.54 Å². The Bertz CT molecular complexity index is 783. The van der Waals surface area contributed by atoms with Gasteiger partial charge in [-0.25, -0.2) is 13.2 Å². The van der Waals surface area contributed by atoms with Crippen LogP contribution in [0.2, 0.25) is 10.0 Å². The minimum Gasteiger partial charge on any atom is -0.315 e. The fourth-order valence-corrected chi connectivity index (χ4v) is 3.04. The fourth-order valence-electron chi connectivity index (χ4n) is 1.42. The molecule has 3 N–H and O–H groups in total. The molecule has 0 saturated carbocycles. The number of carbonyl (C=O) groups excluding carboxylic acids is 1. The maximum atomic E-state index is 12.7. The van der Waals surface area contributed by atoms with Gasteiger partial charge in [0.05, 0.1) is 5.02 Å². The van der Waals surface area contributed by atoms with Gasteiger partial charge in [0.1, 0.15) is 4.90 Å². The van der Waals surface area contributed by atoms with Crippen molar-refractivity contribution in [1.82, 2.24) is 15.6 Å². The highest BCUT2D eigenvalue weighted by Gasteiger charge is 2.68. The number of urea groups is 1. The molecule has 0 atom stereocenters. The summed E-state index contributed by atoms with van der Waals surface area (Å²) in [5.74, 6) is 0. The molecule has 0 heterocycles. The van der Waals surface area contributed by atoms with E-state index in [2.05, 4.69) is 0 Å². The number of hydrogen-bond acceptors (Lipinski definition) is 3. The average Bonchev–Trinajstić information content (AvgIpc) is 2.42. The van der Waals surface area contributed by atoms with E-state index < -0.39 is 43.9 Å². The molecule has 0 unspecified atom stereocenters. The lowest BCUT2D eigenvalue weighted by molar-refractivity contribution is -0.297. The number of rotatable bonds is 4. The molecule has 0 aliphatic rings. The van der Waals surface area contributed by atoms with Gasteiger partial charge in [0.15, 0.2) is 0 Å². The van der Waals surface area contributed by atoms with Crippen LogP contribution in [0.15, 0.2) is 23.1 Å². The van der Waals surface area contributed by atoms with Gasteiger partial charge < -0.3 is 5.32 Å². The average molecular weight is 448 g/mol. The maximum absolute atomic E-state index is 12.7. The normalized spacial score (nSPS) is 13.4. The third kappa shape index (κ3) is 4.84. The quantitative estimate of drug-likeness (QED) is 0.488. The number of hydrogen-bond donors (Lipinski definition) is 3. The first-order chi connectivity index (χ1) is 11.5. The molecule has 0 spiro atoms. The molecule has 15 heteroatoms. The zero-order valence-electron chi connectivity index (χ0n) is 12.4. The lowest BCUT2D eigenvalue weighted by atomic mass is 10.0. The van der Waals surface area contributed by atoms with Gasteiger partial charge in [0, 0.05) is 5.02 Å². The van der Waals surface area contributed by atoms with Crippen LogP contribution in [0.1, 0.15) is 6.92 Å². The smallest absolute Gasteiger partial charge is 0.315 e. The summed E-state index contributed by atoms with van der Waals surface area (Å²) in [6.45, 7) is -0.322. The summed E-state index contributed by atoms with van der Waals surface area (Å²) in [5.41, 5.74) is -3.43. The Morgan fingerprint density at radius 1 is 1.04 bits per heavy atom. The van der Waals surface area contributed by atoms with Crippen LogP contribution in [0.25, 0.3) is 0 Å². The van der Waals surface area contributed by atoms with Gasteiger partial charge in [-0.2, -0.15) is 26.3 Å². The molecule has 0 aromatic heterocycles. The second-order valence-corrected chi connectivity index (χ2v) is 7.37. The Morgan fingerprint density at radius 3 is 1.96 bits per heavy atom. The van der Waals surface area contributed by atoms with Crippen LogP contribution >= 0.6 is 23.2 Å². The largest absolute Gasteiger partial charge is 0.420 e. The van der Waals surface area contributed by atoms with E-state index in [1.165, 1.54) is 10.3 Å². The van der Waals surface area contributed by atoms with Gasteiger partial charge in [-0.15, -0.1) is 4.83 Å². The Hall–Kier alpha value is -1.44. The van der Waals surface area contributed by atoms with Crippen molar-refractivity contribution in [2.75, 3.05) is 0 Å². The van der Waals surface area contributed by atoms with Crippen LogP contribution in [-0.2, 0) is 10.0 Å². The Labute approximate surface area is 152 Å². The Morgan fingerprint density at radius 2 is 1.54 bits per heavy atom. The number of carbonyl (C=O) groups is 1. The molecular weight excluding hydrogens is 439 g/mol. The number of hydrazine groups is 1. The van der Waals surface area contributed by atoms with E-state index in [9.17, 15) is 39.6 Å². The highest BCUT2D eigenvalue weighted by molar-refractivity contribution is 7.89. The molecule has 148 valence electrons. The van der Waals surface area contributed by atoms with Crippen LogP contribution in [-0.4, -0.2) is 32.3 Å². The predicted molar refractivity (Wildman–Crippen MR) is 79.0 cm³/mol. The van der Waals surface area contributed by atoms with Crippen molar-refractivity contribution in [3.63, 3.8) is 0 Å². The van der Waals surface area contributed by atoms with Crippen molar-refractivity contribution in [3.8, 4) is 0 Å². The lowest BCUT2D eigenvalue weighted by Gasteiger charge is -2.34. The van der Waals surface area contributed by atoms with Crippen molar-refractivity contribution >= 4 is 39.3 Å². The van der Waals surface area contributed by atoms with E-state index in [0.717, 1.165) is 18.2 Å². The second-order valence-electron chi connectivity index (χ2n) is 4.88. The lowest BCUT2D eigenvalue weighted by Crippen LogP contribution is -2.67. The molecule has 0 aliphatic carbocycles. The summed E-state index contributed by atoms with van der Waals surface area (Å²) in [6, 6.07) is 0.923. The van der Waals surface area contributed by atoms with E-state index in [-0.39, 0.29) is 11.9 Å². The zero-order chi connectivity index (χ0) is 20.6. The molecule has 6 nitrogen and oxygen atoms in total. The molecule has 1 aromatic carbocycles. The summed E-state index contributed by atoms with van der Waals surface area (Å²) in [7, 11) is -4.60. The topological polar surface area (TPSA) is 87.3 Å². The Balaban J connectivity index is 2.95. The first kappa shape index (κ1) is 22.6. The SMILES string of the molecule is CC(NC(=O)NNS(=O)(=O)c1ccc(Cl)cc1Cl)(C(F)(F)F)C(F)(F)F. The third-order valence-electron chi connectivity index (χ3n) is 2.98. The minimum absolute atomic E-state index is 0.0609. The van der Waals surface area contributed by atoms with Crippen LogP contribution in [0.3, 0.4) is 0 Å². The highest BCUT2D eigenvalue weighted by atomic mass is 35.5. The van der Waals surface area contributed by atoms with Crippen LogP contribution < -0.4 is 15.6 Å². The van der Waals surface area contributed by atoms with Crippen molar-refractivity contribution in [2.45, 2.75) is 29.7 Å². The predicted octanol–water partition coefficient (Wildman–Crippen LogP) is 3.37. The summed E-state index contributed by atoms with van der Waals surface area (Å²) in [5, 5.41) is 0.301. The number of nitrogens with one attached hydrogen (secondary N) is 3. The molecule has 26 heavy (non-hydrogen) atoms. The van der Waals surface area contributed by atoms with Crippen LogP contribution in [0.4, 0.5) is 31.1 Å². The molecule has 1 aromatic rings. The number of alkyl halides is 6. The summed E-state index contributed by atoms with van der Waals surface area (Å²) in [4.78, 5) is 12.0. The molecule has 0 bridgehead atoms. The first-order valence-electron chi connectivity index (χ1n) is 6.20. The zero-order valence-corrected chi connectivity index (χ0v) is 14.7. The van der Waals surface area contributed by atoms with E-state index in [0.29, 0.717) is 5.32 Å². The molecule has 0 aliphatic heterocycles. The van der Waals surface area contributed by atoms with Gasteiger partial charge in [-0.05, 0) is 25.1 Å². The van der Waals surface area contributed by atoms with Gasteiger partial charge in [0.25, 0.3) is 10.0 Å². The number of halogens is 8. The van der Waals surface area contributed by atoms with Crippen molar-refractivity contribution in [1.29, 1.82) is 0 Å². The molecule has 1 rings (SSSR count). The van der Waals surface area contributed by atoms with E-state index >= 15 is 0 Å². The summed E-state index contributed by atoms with van der Waals surface area (Å²) in [6.07, 6.45) is -11.8. The van der Waals surface area contributed by atoms with Gasteiger partial charge in [-0.1, -0.05) is 23.2 Å². The van der Waals surface area contributed by atoms with Gasteiger partial charge in [-0.3, -0.25) is 5.43 Å². The number of amides is 2. The third-order valence-corrected chi connectivity index (χ3v) is 4.95. The highest BCUT2D eigenvalue weighted by Crippen LogP contribution is 2.42. The molecule has 0 fully saturated rings. The standard InChI is InChI=1S/C11H9Cl2F6N3O3S/c1-9(10(14,15)16,11(17,18)19)20-8(23)21-22-26(24,25)7-3-2-5(12)4-6(7)13/h2-4,22H,1H3,(H2,20,21,23). The summed E-state index contributed by atoms with van der Waals surface area (Å²) < 4.78 is 99.8. The van der Waals surface area contributed by atoms with Gasteiger partial charge >= 0.3 is 18.4 Å². The molecule has 2 amide bonds. The van der Waals surface area contributed by atoms with Crippen molar-refractivity contribution < 1.29 is 39.6 Å². The van der Waals surface area contributed by atoms with Crippen molar-refractivity contribution in [2.24, 2.45) is 0 Å². The Kier molecular flexibility index (Phi) is 6.34. The van der Waals surface area contributed by atoms with E-state index in [1.54, 1.807) is 0 Å². The molecular formula is C11H9Cl2F6N3O3S. The van der Waals surface area contributed by atoms with Crippen LogP contribution in [0, 0.1) is 0 Å². The van der Waals surface area contributed by atoms with Crippen molar-refractivity contribution in [3.05, 3.63) is 28.2 Å². The maximum Gasteiger partial charge on any atom is 0.420 e. The monoisotopic (exact) mass is 447 g/mol. The van der Waals surface area contributed by atoms with E-state index in [1.807, 2.05) is 0 Å². The van der Waals surface area contributed by atoms with E-state index in [4.69, 9.17) is 23.2 Å². The number of sulfonamides is 1. The molecule has 0 radical (unpaired) electrons. The minimum atomic E-state index is -5.90. The molecule has 0 saturated heterocycles. The second kappa shape index (κ2) is 7.29.